The van der Waals surface area contributed by atoms with Crippen LogP contribution in [0.15, 0.2) is 181 Å². The molecule has 0 unspecified atom stereocenters. The Kier molecular flexibility index (Phi) is 7.29. The zero-order valence-electron chi connectivity index (χ0n) is 27.0. The van der Waals surface area contributed by atoms with Crippen LogP contribution in [0.3, 0.4) is 0 Å². The van der Waals surface area contributed by atoms with E-state index in [0.717, 1.165) is 30.2 Å². The van der Waals surface area contributed by atoms with Crippen LogP contribution in [0.25, 0.3) is 65.7 Å². The summed E-state index contributed by atoms with van der Waals surface area (Å²) >= 11 is 0. The summed E-state index contributed by atoms with van der Waals surface area (Å²) in [6.07, 6.45) is 7.97. The van der Waals surface area contributed by atoms with E-state index in [4.69, 9.17) is 9.98 Å². The first-order valence-corrected chi connectivity index (χ1v) is 16.9. The summed E-state index contributed by atoms with van der Waals surface area (Å²) in [7, 11) is 0. The number of rotatable bonds is 6. The third kappa shape index (κ3) is 5.08. The second-order valence-corrected chi connectivity index (χ2v) is 12.4. The van der Waals surface area contributed by atoms with Crippen molar-refractivity contribution in [2.45, 2.75) is 12.8 Å². The van der Waals surface area contributed by atoms with E-state index in [9.17, 15) is 0 Å². The molecule has 0 fully saturated rings. The van der Waals surface area contributed by atoms with Gasteiger partial charge in [-0.15, -0.1) is 0 Å². The van der Waals surface area contributed by atoms with E-state index in [-0.39, 0.29) is 0 Å². The lowest BCUT2D eigenvalue weighted by Crippen LogP contribution is -2.17. The predicted octanol–water partition coefficient (Wildman–Crippen LogP) is 12.4. The van der Waals surface area contributed by atoms with Crippen molar-refractivity contribution in [3.05, 3.63) is 176 Å². The first-order chi connectivity index (χ1) is 24.3. The van der Waals surface area contributed by atoms with Gasteiger partial charge in [0.25, 0.3) is 0 Å². The molecule has 0 saturated carbocycles. The molecule has 1 aromatic heterocycles. The lowest BCUT2D eigenvalue weighted by molar-refractivity contribution is 0.986. The van der Waals surface area contributed by atoms with Gasteiger partial charge in [0.05, 0.1) is 0 Å². The predicted molar refractivity (Wildman–Crippen MR) is 207 cm³/mol. The zero-order valence-corrected chi connectivity index (χ0v) is 27.0. The summed E-state index contributed by atoms with van der Waals surface area (Å²) in [5.74, 6) is 1.75. The fourth-order valence-corrected chi connectivity index (χ4v) is 7.39. The van der Waals surface area contributed by atoms with Gasteiger partial charge in [0, 0.05) is 18.1 Å². The third-order valence-corrected chi connectivity index (χ3v) is 9.53. The van der Waals surface area contributed by atoms with Gasteiger partial charge >= 0.3 is 0 Å². The van der Waals surface area contributed by atoms with Crippen molar-refractivity contribution in [2.75, 3.05) is 4.90 Å². The molecule has 1 aliphatic heterocycles. The summed E-state index contributed by atoms with van der Waals surface area (Å²) in [5.41, 5.74) is 8.32. The van der Waals surface area contributed by atoms with Crippen molar-refractivity contribution in [1.82, 2.24) is 4.98 Å². The summed E-state index contributed by atoms with van der Waals surface area (Å²) in [4.78, 5) is 11.8. The van der Waals surface area contributed by atoms with Gasteiger partial charge in [-0.05, 0) is 115 Å². The molecule has 49 heavy (non-hydrogen) atoms. The number of allylic oxidation sites excluding steroid dienone is 1. The van der Waals surface area contributed by atoms with Crippen LogP contribution in [0, 0.1) is 0 Å². The molecule has 0 N–H and O–H groups in total. The maximum atomic E-state index is 4.84. The van der Waals surface area contributed by atoms with Gasteiger partial charge in [0.15, 0.2) is 0 Å². The number of hydrogen-bond acceptors (Lipinski definition) is 3. The molecule has 0 radical (unpaired) electrons. The van der Waals surface area contributed by atoms with Crippen molar-refractivity contribution in [2.24, 2.45) is 4.99 Å². The van der Waals surface area contributed by atoms with E-state index >= 15 is 0 Å². The van der Waals surface area contributed by atoms with Crippen LogP contribution in [-0.4, -0.2) is 11.2 Å². The number of pyridine rings is 1. The fraction of sp³-hybridized carbons (Fsp3) is 0.0435. The summed E-state index contributed by atoms with van der Waals surface area (Å²) in [6.45, 7) is 0. The first kappa shape index (κ1) is 28.9. The molecule has 1 aliphatic rings. The number of anilines is 2. The lowest BCUT2D eigenvalue weighted by atomic mass is 9.81. The largest absolute Gasteiger partial charge is 0.279 e. The smallest absolute Gasteiger partial charge is 0.138 e. The monoisotopic (exact) mass is 627 g/mol. The Morgan fingerprint density at radius 3 is 1.78 bits per heavy atom. The van der Waals surface area contributed by atoms with Gasteiger partial charge in [0.2, 0.25) is 0 Å². The van der Waals surface area contributed by atoms with E-state index < -0.39 is 0 Å². The van der Waals surface area contributed by atoms with Crippen LogP contribution in [0.4, 0.5) is 11.5 Å². The molecule has 3 heteroatoms. The highest BCUT2D eigenvalue weighted by atomic mass is 15.3. The number of fused-ring (bicyclic) bond motifs is 6. The molecule has 9 rings (SSSR count). The van der Waals surface area contributed by atoms with Crippen LogP contribution in [0.5, 0.6) is 0 Å². The molecule has 0 atom stereocenters. The van der Waals surface area contributed by atoms with E-state index in [1.54, 1.807) is 0 Å². The van der Waals surface area contributed by atoms with Crippen molar-refractivity contribution >= 4 is 50.0 Å². The zero-order chi connectivity index (χ0) is 32.6. The molecule has 0 spiro atoms. The molecule has 7 aromatic carbocycles. The number of aliphatic imine (C=N–C) groups is 1. The van der Waals surface area contributed by atoms with E-state index in [0.29, 0.717) is 0 Å². The third-order valence-electron chi connectivity index (χ3n) is 9.53. The van der Waals surface area contributed by atoms with Crippen LogP contribution in [0.2, 0.25) is 0 Å². The summed E-state index contributed by atoms with van der Waals surface area (Å²) in [6, 6.07) is 56.8. The molecule has 0 amide bonds. The molecule has 3 nitrogen and oxygen atoms in total. The van der Waals surface area contributed by atoms with E-state index in [1.165, 1.54) is 65.7 Å². The molecule has 0 aliphatic carbocycles. The Morgan fingerprint density at radius 2 is 1.10 bits per heavy atom. The Morgan fingerprint density at radius 1 is 0.469 bits per heavy atom. The van der Waals surface area contributed by atoms with Crippen molar-refractivity contribution in [1.29, 1.82) is 0 Å². The average Bonchev–Trinajstić information content (AvgIpc) is 3.19. The van der Waals surface area contributed by atoms with Crippen LogP contribution in [0.1, 0.15) is 12.8 Å². The number of benzene rings is 7. The van der Waals surface area contributed by atoms with Gasteiger partial charge in [-0.2, -0.15) is 0 Å². The SMILES string of the molecule is C1=NC(N(c2ccc3c(c2)c2ccccc2c2c(-c4ccccc4)cc(-c4ccccc4)c(-c4ccccc4)c32)c2ccccn2)=CCC1. The van der Waals surface area contributed by atoms with Crippen LogP contribution in [-0.2, 0) is 0 Å². The van der Waals surface area contributed by atoms with Crippen molar-refractivity contribution in [3.63, 3.8) is 0 Å². The highest BCUT2D eigenvalue weighted by molar-refractivity contribution is 6.33. The van der Waals surface area contributed by atoms with Gasteiger partial charge in [0.1, 0.15) is 11.6 Å². The maximum absolute atomic E-state index is 4.84. The first-order valence-electron chi connectivity index (χ1n) is 16.9. The Balaban J connectivity index is 1.46. The Labute approximate surface area is 286 Å². The Bertz CT molecular complexity index is 2520. The highest BCUT2D eigenvalue weighted by Gasteiger charge is 2.23. The maximum Gasteiger partial charge on any atom is 0.138 e. The second-order valence-electron chi connectivity index (χ2n) is 12.4. The minimum absolute atomic E-state index is 0.847. The van der Waals surface area contributed by atoms with Gasteiger partial charge in [-0.25, -0.2) is 9.98 Å². The van der Waals surface area contributed by atoms with Crippen LogP contribution >= 0.6 is 0 Å². The van der Waals surface area contributed by atoms with E-state index in [2.05, 4.69) is 157 Å². The normalized spacial score (nSPS) is 12.8. The van der Waals surface area contributed by atoms with Crippen LogP contribution < -0.4 is 4.90 Å². The minimum Gasteiger partial charge on any atom is -0.279 e. The number of aromatic nitrogens is 1. The molecule has 0 saturated heterocycles. The van der Waals surface area contributed by atoms with Crippen molar-refractivity contribution in [3.8, 4) is 33.4 Å². The van der Waals surface area contributed by atoms with Gasteiger partial charge < -0.3 is 0 Å². The molecule has 232 valence electrons. The molecular formula is C46H33N3. The van der Waals surface area contributed by atoms with E-state index in [1.807, 2.05) is 24.5 Å². The van der Waals surface area contributed by atoms with Gasteiger partial charge in [-0.3, -0.25) is 4.90 Å². The minimum atomic E-state index is 0.847. The topological polar surface area (TPSA) is 28.5 Å². The quantitative estimate of drug-likeness (QED) is 0.172. The standard InChI is InChI=1S/C46H33N3/c1-4-16-32(17-5-1)39-31-40(33-18-6-2-7-19-33)45-37-23-11-10-22-36(37)41-30-35(26-27-38(41)46(45)44(39)34-20-8-3-9-21-34)49(42-24-12-14-28-47-42)43-25-13-15-29-48-43/h1-12,14,16-31H,13,15H2. The Hall–Kier alpha value is -6.32. The number of nitrogens with zero attached hydrogens (tertiary/aromatic N) is 3. The molecular weight excluding hydrogens is 595 g/mol. The number of hydrogen-bond donors (Lipinski definition) is 0. The second kappa shape index (κ2) is 12.4. The molecule has 2 heterocycles. The lowest BCUT2D eigenvalue weighted by Gasteiger charge is -2.26. The molecule has 8 aromatic rings. The molecule has 0 bridgehead atoms. The van der Waals surface area contributed by atoms with Gasteiger partial charge in [-0.1, -0.05) is 127 Å². The van der Waals surface area contributed by atoms with Crippen molar-refractivity contribution < 1.29 is 0 Å². The summed E-state index contributed by atoms with van der Waals surface area (Å²) < 4.78 is 0. The fourth-order valence-electron chi connectivity index (χ4n) is 7.39. The summed E-state index contributed by atoms with van der Waals surface area (Å²) in [5, 5.41) is 7.39. The average molecular weight is 628 g/mol. The highest BCUT2D eigenvalue weighted by Crippen LogP contribution is 2.49.